The number of hydrogen-bond donors (Lipinski definition) is 2. The van der Waals surface area contributed by atoms with E-state index in [-0.39, 0.29) is 17.1 Å². The van der Waals surface area contributed by atoms with Crippen LogP contribution >= 0.6 is 0 Å². The molecule has 2 rings (SSSR count). The van der Waals surface area contributed by atoms with Crippen molar-refractivity contribution in [3.63, 3.8) is 0 Å². The molecule has 0 aliphatic rings. The van der Waals surface area contributed by atoms with Crippen molar-refractivity contribution in [3.05, 3.63) is 65.2 Å². The standard InChI is InChI=1S/C15H13FN2O3/c1-9(10-3-2-4-12(16)7-10)18-14(19)11-5-6-17-13(8-11)15(20)21/h2-9H,1H3,(H,18,19)(H,20,21). The van der Waals surface area contributed by atoms with E-state index in [1.54, 1.807) is 19.1 Å². The highest BCUT2D eigenvalue weighted by molar-refractivity contribution is 5.96. The number of hydrogen-bond acceptors (Lipinski definition) is 3. The topological polar surface area (TPSA) is 79.3 Å². The van der Waals surface area contributed by atoms with Crippen LogP contribution in [0, 0.1) is 5.82 Å². The van der Waals surface area contributed by atoms with E-state index in [9.17, 15) is 14.0 Å². The third-order valence-electron chi connectivity index (χ3n) is 2.94. The lowest BCUT2D eigenvalue weighted by Crippen LogP contribution is -2.27. The van der Waals surface area contributed by atoms with E-state index < -0.39 is 17.9 Å². The van der Waals surface area contributed by atoms with Crippen LogP contribution in [0.2, 0.25) is 0 Å². The molecule has 1 unspecified atom stereocenters. The monoisotopic (exact) mass is 288 g/mol. The molecule has 1 amide bonds. The number of halogens is 1. The second-order valence-corrected chi connectivity index (χ2v) is 4.49. The van der Waals surface area contributed by atoms with Gasteiger partial charge in [-0.3, -0.25) is 4.79 Å². The van der Waals surface area contributed by atoms with Crippen LogP contribution in [0.4, 0.5) is 4.39 Å². The van der Waals surface area contributed by atoms with Crippen molar-refractivity contribution in [2.45, 2.75) is 13.0 Å². The number of carboxylic acids is 1. The van der Waals surface area contributed by atoms with Gasteiger partial charge in [0.05, 0.1) is 6.04 Å². The zero-order valence-corrected chi connectivity index (χ0v) is 11.2. The molecular weight excluding hydrogens is 275 g/mol. The summed E-state index contributed by atoms with van der Waals surface area (Å²) >= 11 is 0. The number of amides is 1. The first kappa shape index (κ1) is 14.6. The molecule has 2 aromatic rings. The molecule has 0 fully saturated rings. The van der Waals surface area contributed by atoms with Crippen LogP contribution < -0.4 is 5.32 Å². The minimum atomic E-state index is -1.21. The van der Waals surface area contributed by atoms with Crippen molar-refractivity contribution < 1.29 is 19.1 Å². The van der Waals surface area contributed by atoms with Crippen molar-refractivity contribution in [1.82, 2.24) is 10.3 Å². The maximum absolute atomic E-state index is 13.1. The van der Waals surface area contributed by atoms with Gasteiger partial charge in [-0.15, -0.1) is 0 Å². The smallest absolute Gasteiger partial charge is 0.354 e. The number of carbonyl (C=O) groups is 2. The van der Waals surface area contributed by atoms with Gasteiger partial charge in [0.25, 0.3) is 5.91 Å². The molecule has 2 N–H and O–H groups in total. The van der Waals surface area contributed by atoms with Gasteiger partial charge < -0.3 is 10.4 Å². The molecule has 1 aromatic heterocycles. The third-order valence-corrected chi connectivity index (χ3v) is 2.94. The Kier molecular flexibility index (Phi) is 4.27. The van der Waals surface area contributed by atoms with E-state index in [4.69, 9.17) is 5.11 Å². The van der Waals surface area contributed by atoms with Crippen LogP contribution in [0.1, 0.15) is 39.4 Å². The summed E-state index contributed by atoms with van der Waals surface area (Å²) in [5.41, 5.74) is 0.600. The van der Waals surface area contributed by atoms with Crippen LogP contribution in [0.15, 0.2) is 42.6 Å². The van der Waals surface area contributed by atoms with Crippen molar-refractivity contribution in [1.29, 1.82) is 0 Å². The lowest BCUT2D eigenvalue weighted by atomic mass is 10.1. The highest BCUT2D eigenvalue weighted by Crippen LogP contribution is 2.14. The lowest BCUT2D eigenvalue weighted by Gasteiger charge is -2.14. The summed E-state index contributed by atoms with van der Waals surface area (Å²) in [5.74, 6) is -2.04. The molecule has 1 atom stereocenters. The van der Waals surface area contributed by atoms with Gasteiger partial charge in [0.2, 0.25) is 0 Å². The van der Waals surface area contributed by atoms with Crippen molar-refractivity contribution in [2.24, 2.45) is 0 Å². The fraction of sp³-hybridized carbons (Fsp3) is 0.133. The first-order valence-electron chi connectivity index (χ1n) is 6.23. The van der Waals surface area contributed by atoms with Gasteiger partial charge in [-0.1, -0.05) is 12.1 Å². The van der Waals surface area contributed by atoms with Crippen molar-refractivity contribution in [3.8, 4) is 0 Å². The molecule has 1 aromatic carbocycles. The first-order chi connectivity index (χ1) is 9.97. The number of benzene rings is 1. The molecule has 1 heterocycles. The van der Waals surface area contributed by atoms with Crippen molar-refractivity contribution >= 4 is 11.9 Å². The lowest BCUT2D eigenvalue weighted by molar-refractivity contribution is 0.0690. The Bertz CT molecular complexity index is 688. The van der Waals surface area contributed by atoms with Gasteiger partial charge in [0.15, 0.2) is 0 Å². The van der Waals surface area contributed by atoms with Gasteiger partial charge in [0.1, 0.15) is 11.5 Å². The summed E-state index contributed by atoms with van der Waals surface area (Å²) in [7, 11) is 0. The number of rotatable bonds is 4. The summed E-state index contributed by atoms with van der Waals surface area (Å²) in [5, 5.41) is 11.5. The van der Waals surface area contributed by atoms with Gasteiger partial charge in [0, 0.05) is 11.8 Å². The number of aromatic carboxylic acids is 1. The van der Waals surface area contributed by atoms with Crippen LogP contribution in [-0.2, 0) is 0 Å². The normalized spacial score (nSPS) is 11.7. The Morgan fingerprint density at radius 3 is 2.71 bits per heavy atom. The second kappa shape index (κ2) is 6.13. The van der Waals surface area contributed by atoms with Gasteiger partial charge in [-0.05, 0) is 36.8 Å². The van der Waals surface area contributed by atoms with Crippen LogP contribution in [-0.4, -0.2) is 22.0 Å². The minimum Gasteiger partial charge on any atom is -0.477 e. The SMILES string of the molecule is CC(NC(=O)c1ccnc(C(=O)O)c1)c1cccc(F)c1. The summed E-state index contributed by atoms with van der Waals surface area (Å²) < 4.78 is 13.1. The Morgan fingerprint density at radius 2 is 2.05 bits per heavy atom. The molecule has 0 spiro atoms. The molecule has 0 aliphatic carbocycles. The molecule has 0 aliphatic heterocycles. The van der Waals surface area contributed by atoms with Crippen LogP contribution in [0.5, 0.6) is 0 Å². The van der Waals surface area contributed by atoms with E-state index >= 15 is 0 Å². The van der Waals surface area contributed by atoms with Gasteiger partial charge in [-0.2, -0.15) is 0 Å². The number of aromatic nitrogens is 1. The van der Waals surface area contributed by atoms with E-state index in [1.165, 1.54) is 30.5 Å². The zero-order chi connectivity index (χ0) is 15.4. The summed E-state index contributed by atoms with van der Waals surface area (Å²) in [6, 6.07) is 8.11. The largest absolute Gasteiger partial charge is 0.477 e. The van der Waals surface area contributed by atoms with Gasteiger partial charge >= 0.3 is 5.97 Å². The Balaban J connectivity index is 2.14. The number of carbonyl (C=O) groups excluding carboxylic acids is 1. The van der Waals surface area contributed by atoms with E-state index in [2.05, 4.69) is 10.3 Å². The number of nitrogens with one attached hydrogen (secondary N) is 1. The molecule has 0 radical (unpaired) electrons. The number of pyridine rings is 1. The van der Waals surface area contributed by atoms with E-state index in [0.717, 1.165) is 0 Å². The fourth-order valence-electron chi connectivity index (χ4n) is 1.83. The Hall–Kier alpha value is -2.76. The molecular formula is C15H13FN2O3. The highest BCUT2D eigenvalue weighted by Gasteiger charge is 2.14. The number of carboxylic acid groups (broad SMARTS) is 1. The fourth-order valence-corrected chi connectivity index (χ4v) is 1.83. The second-order valence-electron chi connectivity index (χ2n) is 4.49. The van der Waals surface area contributed by atoms with Crippen LogP contribution in [0.25, 0.3) is 0 Å². The molecule has 108 valence electrons. The highest BCUT2D eigenvalue weighted by atomic mass is 19.1. The maximum Gasteiger partial charge on any atom is 0.354 e. The van der Waals surface area contributed by atoms with Crippen LogP contribution in [0.3, 0.4) is 0 Å². The van der Waals surface area contributed by atoms with Gasteiger partial charge in [-0.25, -0.2) is 14.2 Å². The average Bonchev–Trinajstić information content (AvgIpc) is 2.47. The average molecular weight is 288 g/mol. The molecule has 0 saturated heterocycles. The zero-order valence-electron chi connectivity index (χ0n) is 11.2. The van der Waals surface area contributed by atoms with E-state index in [1.807, 2.05) is 0 Å². The predicted molar refractivity (Wildman–Crippen MR) is 73.5 cm³/mol. The summed E-state index contributed by atoms with van der Waals surface area (Å²) in [6.07, 6.45) is 1.26. The Labute approximate surface area is 120 Å². The molecule has 6 heteroatoms. The molecule has 0 saturated carbocycles. The third kappa shape index (κ3) is 3.62. The van der Waals surface area contributed by atoms with E-state index in [0.29, 0.717) is 5.56 Å². The molecule has 21 heavy (non-hydrogen) atoms. The molecule has 0 bridgehead atoms. The van der Waals surface area contributed by atoms with Crippen molar-refractivity contribution in [2.75, 3.05) is 0 Å². The Morgan fingerprint density at radius 1 is 1.29 bits per heavy atom. The summed E-state index contributed by atoms with van der Waals surface area (Å²) in [6.45, 7) is 1.71. The predicted octanol–water partition coefficient (Wildman–Crippen LogP) is 2.41. The summed E-state index contributed by atoms with van der Waals surface area (Å²) in [4.78, 5) is 26.5. The number of nitrogens with zero attached hydrogens (tertiary/aromatic N) is 1. The molecule has 5 nitrogen and oxygen atoms in total. The maximum atomic E-state index is 13.1. The first-order valence-corrected chi connectivity index (χ1v) is 6.23. The quantitative estimate of drug-likeness (QED) is 0.905. The minimum absolute atomic E-state index is 0.186.